The van der Waals surface area contributed by atoms with Crippen LogP contribution in [-0.4, -0.2) is 43.0 Å². The summed E-state index contributed by atoms with van der Waals surface area (Å²) < 4.78 is 50.3. The van der Waals surface area contributed by atoms with E-state index >= 15 is 0 Å². The van der Waals surface area contributed by atoms with Gasteiger partial charge in [0.25, 0.3) is 0 Å². The van der Waals surface area contributed by atoms with Gasteiger partial charge in [-0.1, -0.05) is 30.2 Å². The van der Waals surface area contributed by atoms with Crippen LogP contribution < -0.4 is 4.72 Å². The maximum Gasteiger partial charge on any atom is 0.324 e. The van der Waals surface area contributed by atoms with Crippen LogP contribution in [0.25, 0.3) is 0 Å². The van der Waals surface area contributed by atoms with Crippen molar-refractivity contribution in [2.45, 2.75) is 69.1 Å². The van der Waals surface area contributed by atoms with E-state index in [-0.39, 0.29) is 6.61 Å². The summed E-state index contributed by atoms with van der Waals surface area (Å²) in [5.74, 6) is -1.07. The highest BCUT2D eigenvalue weighted by Gasteiger charge is 2.40. The predicted molar refractivity (Wildman–Crippen MR) is 123 cm³/mol. The van der Waals surface area contributed by atoms with Gasteiger partial charge in [0.2, 0.25) is 10.0 Å². The van der Waals surface area contributed by atoms with Crippen LogP contribution in [0.2, 0.25) is 0 Å². The molecule has 1 aliphatic carbocycles. The second kappa shape index (κ2) is 10.3. The molecule has 1 unspecified atom stereocenters. The summed E-state index contributed by atoms with van der Waals surface area (Å²) in [4.78, 5) is 13.4. The molecule has 1 aromatic rings. The van der Waals surface area contributed by atoms with E-state index in [1.165, 1.54) is 7.05 Å². The van der Waals surface area contributed by atoms with Crippen LogP contribution >= 0.6 is 0 Å². The Morgan fingerprint density at radius 3 is 2.42 bits per heavy atom. The minimum absolute atomic E-state index is 0.142. The second-order valence-electron chi connectivity index (χ2n) is 8.57. The molecule has 0 bridgehead atoms. The Labute approximate surface area is 186 Å². The van der Waals surface area contributed by atoms with Gasteiger partial charge >= 0.3 is 5.97 Å². The molecular formula is C22H34N2O5S2. The van der Waals surface area contributed by atoms with Crippen molar-refractivity contribution in [3.8, 4) is 0 Å². The monoisotopic (exact) mass is 470 g/mol. The molecule has 0 radical (unpaired) electrons. The number of esters is 1. The summed E-state index contributed by atoms with van der Waals surface area (Å²) in [6, 6.07) is 7.89. The SMILES string of the molecule is CCOC(=O)[C@@H](NS(=O)(=O)C(C)(C)C)[C@@H]1CCCC/C1=C\S(=O)(=NC)c1ccccc1. The molecule has 0 aliphatic heterocycles. The summed E-state index contributed by atoms with van der Waals surface area (Å²) in [7, 11) is -5.15. The van der Waals surface area contributed by atoms with E-state index in [2.05, 4.69) is 9.08 Å². The topological polar surface area (TPSA) is 102 Å². The lowest BCUT2D eigenvalue weighted by Gasteiger charge is -2.33. The normalized spacial score (nSPS) is 21.8. The Morgan fingerprint density at radius 2 is 1.87 bits per heavy atom. The highest BCUT2D eigenvalue weighted by Crippen LogP contribution is 2.35. The van der Waals surface area contributed by atoms with Gasteiger partial charge in [-0.15, -0.1) is 0 Å². The number of benzene rings is 1. The van der Waals surface area contributed by atoms with Gasteiger partial charge in [0.05, 0.1) is 26.0 Å². The zero-order valence-electron chi connectivity index (χ0n) is 19.0. The number of carbonyl (C=O) groups is 1. The Morgan fingerprint density at radius 1 is 1.23 bits per heavy atom. The largest absolute Gasteiger partial charge is 0.465 e. The molecule has 0 spiro atoms. The molecule has 174 valence electrons. The van der Waals surface area contributed by atoms with Crippen molar-refractivity contribution >= 4 is 25.7 Å². The molecule has 0 aromatic heterocycles. The molecule has 0 saturated heterocycles. The maximum absolute atomic E-state index is 13.6. The summed E-state index contributed by atoms with van der Waals surface area (Å²) >= 11 is 0. The van der Waals surface area contributed by atoms with Gasteiger partial charge in [-0.2, -0.15) is 4.72 Å². The molecule has 3 atom stereocenters. The van der Waals surface area contributed by atoms with Gasteiger partial charge in [0, 0.05) is 18.4 Å². The van der Waals surface area contributed by atoms with E-state index in [0.29, 0.717) is 17.7 Å². The van der Waals surface area contributed by atoms with Crippen molar-refractivity contribution in [1.82, 2.24) is 4.72 Å². The van der Waals surface area contributed by atoms with Crippen molar-refractivity contribution < 1.29 is 22.2 Å². The average Bonchev–Trinajstić information content (AvgIpc) is 2.72. The van der Waals surface area contributed by atoms with E-state index in [0.717, 1.165) is 18.4 Å². The smallest absolute Gasteiger partial charge is 0.324 e. The van der Waals surface area contributed by atoms with Gasteiger partial charge < -0.3 is 4.74 Å². The Hall–Kier alpha value is -1.71. The predicted octanol–water partition coefficient (Wildman–Crippen LogP) is 3.87. The third-order valence-electron chi connectivity index (χ3n) is 5.40. The summed E-state index contributed by atoms with van der Waals surface area (Å²) in [6.45, 7) is 6.56. The van der Waals surface area contributed by atoms with Crippen molar-refractivity contribution in [2.24, 2.45) is 10.3 Å². The number of ether oxygens (including phenoxy) is 1. The van der Waals surface area contributed by atoms with Crippen molar-refractivity contribution in [1.29, 1.82) is 0 Å². The van der Waals surface area contributed by atoms with Crippen LogP contribution in [0.3, 0.4) is 0 Å². The van der Waals surface area contributed by atoms with Crippen molar-refractivity contribution in [2.75, 3.05) is 13.7 Å². The van der Waals surface area contributed by atoms with E-state index < -0.39 is 42.4 Å². The van der Waals surface area contributed by atoms with Crippen LogP contribution in [0.15, 0.2) is 50.6 Å². The fraction of sp³-hybridized carbons (Fsp3) is 0.591. The highest BCUT2D eigenvalue weighted by atomic mass is 32.2. The lowest BCUT2D eigenvalue weighted by molar-refractivity contribution is -0.146. The number of sulfonamides is 1. The van der Waals surface area contributed by atoms with Gasteiger partial charge in [-0.3, -0.25) is 4.79 Å². The van der Waals surface area contributed by atoms with Crippen LogP contribution in [0.5, 0.6) is 0 Å². The number of hydrogen-bond acceptors (Lipinski definition) is 6. The van der Waals surface area contributed by atoms with Gasteiger partial charge in [0.1, 0.15) is 6.04 Å². The first-order chi connectivity index (χ1) is 14.4. The molecule has 0 amide bonds. The first-order valence-corrected chi connectivity index (χ1v) is 13.6. The van der Waals surface area contributed by atoms with Crippen LogP contribution in [0.4, 0.5) is 0 Å². The fourth-order valence-corrected chi connectivity index (χ4v) is 6.16. The zero-order chi connectivity index (χ0) is 23.3. The van der Waals surface area contributed by atoms with E-state index in [1.807, 2.05) is 6.07 Å². The highest BCUT2D eigenvalue weighted by molar-refractivity contribution is 7.96. The Bertz CT molecular complexity index is 1020. The molecule has 1 aliphatic rings. The first-order valence-electron chi connectivity index (χ1n) is 10.5. The molecule has 1 aromatic carbocycles. The third kappa shape index (κ3) is 6.17. The number of hydrogen-bond donors (Lipinski definition) is 1. The molecule has 0 heterocycles. The molecule has 1 saturated carbocycles. The Kier molecular flexibility index (Phi) is 8.47. The minimum atomic E-state index is -3.81. The van der Waals surface area contributed by atoms with E-state index in [1.54, 1.807) is 57.4 Å². The standard InChI is InChI=1S/C22H34N2O5S2/c1-6-29-21(25)20(24-31(27,28)22(2,3)4)19-15-11-10-12-17(19)16-30(26,23-5)18-13-8-7-9-14-18/h7-9,13-14,16,19-20,24H,6,10-12,15H2,1-5H3/b17-16+/t19-,20+,30?/m1/s1. The number of carbonyl (C=O) groups excluding carboxylic acids is 1. The maximum atomic E-state index is 13.6. The molecule has 7 nitrogen and oxygen atoms in total. The van der Waals surface area contributed by atoms with Crippen molar-refractivity contribution in [3.05, 3.63) is 41.3 Å². The first kappa shape index (κ1) is 25.5. The fourth-order valence-electron chi connectivity index (χ4n) is 3.51. The molecular weight excluding hydrogens is 436 g/mol. The lowest BCUT2D eigenvalue weighted by Crippen LogP contribution is -2.52. The number of nitrogens with one attached hydrogen (secondary N) is 1. The molecule has 2 rings (SSSR count). The average molecular weight is 471 g/mol. The minimum Gasteiger partial charge on any atom is -0.465 e. The molecule has 1 fully saturated rings. The Balaban J connectivity index is 2.54. The van der Waals surface area contributed by atoms with E-state index in [4.69, 9.17) is 4.74 Å². The summed E-state index contributed by atoms with van der Waals surface area (Å²) in [6.07, 6.45) is 2.93. The van der Waals surface area contributed by atoms with Crippen LogP contribution in [0, 0.1) is 5.92 Å². The number of nitrogens with zero attached hydrogens (tertiary/aromatic N) is 1. The van der Waals surface area contributed by atoms with Crippen LogP contribution in [-0.2, 0) is 29.3 Å². The second-order valence-corrected chi connectivity index (χ2v) is 13.2. The van der Waals surface area contributed by atoms with Crippen LogP contribution in [0.1, 0.15) is 53.4 Å². The quantitative estimate of drug-likeness (QED) is 0.610. The van der Waals surface area contributed by atoms with E-state index in [9.17, 15) is 17.4 Å². The van der Waals surface area contributed by atoms with Gasteiger partial charge in [0.15, 0.2) is 0 Å². The molecule has 1 N–H and O–H groups in total. The van der Waals surface area contributed by atoms with Crippen molar-refractivity contribution in [3.63, 3.8) is 0 Å². The number of rotatable bonds is 7. The van der Waals surface area contributed by atoms with Gasteiger partial charge in [-0.05, 0) is 59.1 Å². The summed E-state index contributed by atoms with van der Waals surface area (Å²) in [5.41, 5.74) is 0.778. The molecule has 31 heavy (non-hydrogen) atoms. The lowest BCUT2D eigenvalue weighted by atomic mass is 9.80. The third-order valence-corrected chi connectivity index (χ3v) is 9.69. The zero-order valence-corrected chi connectivity index (χ0v) is 20.6. The summed E-state index contributed by atoms with van der Waals surface area (Å²) in [5, 5.41) is 1.64. The van der Waals surface area contributed by atoms with Gasteiger partial charge in [-0.25, -0.2) is 17.0 Å². The molecule has 9 heteroatoms.